The van der Waals surface area contributed by atoms with E-state index >= 15 is 0 Å². The van der Waals surface area contributed by atoms with Crippen molar-refractivity contribution in [3.8, 4) is 0 Å². The Morgan fingerprint density at radius 2 is 2.15 bits per heavy atom. The molecule has 0 unspecified atom stereocenters. The molecule has 1 aliphatic rings. The molecule has 0 saturated carbocycles. The van der Waals surface area contributed by atoms with E-state index in [1.165, 1.54) is 31.2 Å². The highest BCUT2D eigenvalue weighted by Gasteiger charge is 2.04. The molecule has 108 valence electrons. The zero-order valence-corrected chi connectivity index (χ0v) is 13.1. The minimum atomic E-state index is 0.652. The average molecular weight is 289 g/mol. The Morgan fingerprint density at radius 3 is 2.85 bits per heavy atom. The number of thiocarbonyl (C=S) groups is 1. The van der Waals surface area contributed by atoms with Gasteiger partial charge in [0.15, 0.2) is 5.11 Å². The lowest BCUT2D eigenvalue weighted by Crippen LogP contribution is -2.30. The molecule has 0 aliphatic heterocycles. The zero-order chi connectivity index (χ0) is 14.4. The van der Waals surface area contributed by atoms with Crippen molar-refractivity contribution >= 4 is 23.1 Å². The Hall–Kier alpha value is -1.42. The molecule has 1 aromatic rings. The summed E-state index contributed by atoms with van der Waals surface area (Å²) in [6.45, 7) is 4.94. The minimum Gasteiger partial charge on any atom is -0.362 e. The first-order chi connectivity index (χ1) is 9.63. The first kappa shape index (κ1) is 15.0. The molecular weight excluding hydrogens is 266 g/mol. The number of aromatic nitrogens is 1. The molecule has 4 heteroatoms. The summed E-state index contributed by atoms with van der Waals surface area (Å²) < 4.78 is 0. The number of hydrogen-bond acceptors (Lipinski definition) is 2. The van der Waals surface area contributed by atoms with E-state index in [4.69, 9.17) is 12.2 Å². The van der Waals surface area contributed by atoms with Gasteiger partial charge in [0.1, 0.15) is 5.82 Å². The van der Waals surface area contributed by atoms with E-state index in [0.717, 1.165) is 24.5 Å². The highest BCUT2D eigenvalue weighted by Crippen LogP contribution is 2.19. The molecule has 0 bridgehead atoms. The summed E-state index contributed by atoms with van der Waals surface area (Å²) in [5.74, 6) is 0.817. The SMILES string of the molecule is Cc1cc(C)nc(NC(=S)NCCC2=CCCCC2)c1. The van der Waals surface area contributed by atoms with E-state index in [-0.39, 0.29) is 0 Å². The molecule has 0 radical (unpaired) electrons. The van der Waals surface area contributed by atoms with Crippen LogP contribution in [0.2, 0.25) is 0 Å². The van der Waals surface area contributed by atoms with Crippen LogP contribution in [-0.2, 0) is 0 Å². The predicted octanol–water partition coefficient (Wildman–Crippen LogP) is 3.88. The summed E-state index contributed by atoms with van der Waals surface area (Å²) in [4.78, 5) is 4.42. The number of allylic oxidation sites excluding steroid dienone is 1. The molecule has 1 aliphatic carbocycles. The maximum atomic E-state index is 5.31. The van der Waals surface area contributed by atoms with Gasteiger partial charge in [-0.2, -0.15) is 0 Å². The largest absolute Gasteiger partial charge is 0.362 e. The van der Waals surface area contributed by atoms with Gasteiger partial charge in [-0.05, 0) is 75.9 Å². The number of nitrogens with one attached hydrogen (secondary N) is 2. The summed E-state index contributed by atoms with van der Waals surface area (Å²) in [7, 11) is 0. The second-order valence-electron chi connectivity index (χ2n) is 5.41. The molecule has 1 heterocycles. The average Bonchev–Trinajstić information content (AvgIpc) is 2.38. The summed E-state index contributed by atoms with van der Waals surface area (Å²) in [5.41, 5.74) is 3.76. The lowest BCUT2D eigenvalue weighted by molar-refractivity contribution is 0.669. The van der Waals surface area contributed by atoms with Crippen molar-refractivity contribution in [1.29, 1.82) is 0 Å². The number of nitrogens with zero attached hydrogens (tertiary/aromatic N) is 1. The highest BCUT2D eigenvalue weighted by molar-refractivity contribution is 7.80. The Kier molecular flexibility index (Phi) is 5.53. The van der Waals surface area contributed by atoms with Crippen LogP contribution in [0.1, 0.15) is 43.4 Å². The van der Waals surface area contributed by atoms with Crippen molar-refractivity contribution in [2.24, 2.45) is 0 Å². The molecule has 20 heavy (non-hydrogen) atoms. The molecule has 0 saturated heterocycles. The van der Waals surface area contributed by atoms with Crippen molar-refractivity contribution in [3.05, 3.63) is 35.0 Å². The van der Waals surface area contributed by atoms with Crippen molar-refractivity contribution in [2.45, 2.75) is 46.0 Å². The van der Waals surface area contributed by atoms with E-state index in [2.05, 4.69) is 34.7 Å². The molecule has 0 fully saturated rings. The van der Waals surface area contributed by atoms with Crippen LogP contribution >= 0.6 is 12.2 Å². The summed E-state index contributed by atoms with van der Waals surface area (Å²) >= 11 is 5.31. The van der Waals surface area contributed by atoms with Crippen LogP contribution < -0.4 is 10.6 Å². The fraction of sp³-hybridized carbons (Fsp3) is 0.500. The number of pyridine rings is 1. The number of anilines is 1. The van der Waals surface area contributed by atoms with E-state index in [0.29, 0.717) is 5.11 Å². The highest BCUT2D eigenvalue weighted by atomic mass is 32.1. The van der Waals surface area contributed by atoms with E-state index < -0.39 is 0 Å². The van der Waals surface area contributed by atoms with Crippen LogP contribution in [-0.4, -0.2) is 16.6 Å². The lowest BCUT2D eigenvalue weighted by atomic mass is 9.97. The van der Waals surface area contributed by atoms with Crippen molar-refractivity contribution in [1.82, 2.24) is 10.3 Å². The summed E-state index contributed by atoms with van der Waals surface area (Å²) in [5, 5.41) is 7.06. The van der Waals surface area contributed by atoms with Crippen molar-refractivity contribution in [2.75, 3.05) is 11.9 Å². The summed E-state index contributed by atoms with van der Waals surface area (Å²) in [6.07, 6.45) is 8.64. The van der Waals surface area contributed by atoms with Gasteiger partial charge in [0.05, 0.1) is 0 Å². The van der Waals surface area contributed by atoms with Crippen molar-refractivity contribution in [3.63, 3.8) is 0 Å². The monoisotopic (exact) mass is 289 g/mol. The lowest BCUT2D eigenvalue weighted by Gasteiger charge is -2.14. The van der Waals surface area contributed by atoms with Gasteiger partial charge in [0.2, 0.25) is 0 Å². The molecule has 0 amide bonds. The van der Waals surface area contributed by atoms with Gasteiger partial charge in [-0.1, -0.05) is 11.6 Å². The fourth-order valence-corrected chi connectivity index (χ4v) is 2.74. The fourth-order valence-electron chi connectivity index (χ4n) is 2.53. The van der Waals surface area contributed by atoms with Gasteiger partial charge >= 0.3 is 0 Å². The van der Waals surface area contributed by atoms with Crippen molar-refractivity contribution < 1.29 is 0 Å². The van der Waals surface area contributed by atoms with Crippen LogP contribution in [0, 0.1) is 13.8 Å². The number of rotatable bonds is 4. The van der Waals surface area contributed by atoms with Gasteiger partial charge in [0.25, 0.3) is 0 Å². The smallest absolute Gasteiger partial charge is 0.171 e. The molecule has 2 N–H and O–H groups in total. The van der Waals surface area contributed by atoms with Crippen LogP contribution in [0.25, 0.3) is 0 Å². The van der Waals surface area contributed by atoms with Gasteiger partial charge < -0.3 is 10.6 Å². The van der Waals surface area contributed by atoms with E-state index in [1.807, 2.05) is 13.0 Å². The Labute approximate surface area is 126 Å². The Morgan fingerprint density at radius 1 is 1.30 bits per heavy atom. The third-order valence-electron chi connectivity index (χ3n) is 3.46. The van der Waals surface area contributed by atoms with Crippen LogP contribution in [0.3, 0.4) is 0 Å². The standard InChI is InChI=1S/C16H23N3S/c1-12-10-13(2)18-15(11-12)19-16(20)17-9-8-14-6-4-3-5-7-14/h6,10-11H,3-5,7-9H2,1-2H3,(H2,17,18,19,20). The maximum absolute atomic E-state index is 5.31. The molecule has 2 rings (SSSR count). The quantitative estimate of drug-likeness (QED) is 0.651. The van der Waals surface area contributed by atoms with Gasteiger partial charge in [-0.15, -0.1) is 0 Å². The predicted molar refractivity (Wildman–Crippen MR) is 89.1 cm³/mol. The van der Waals surface area contributed by atoms with Gasteiger partial charge in [-0.25, -0.2) is 4.98 Å². The second-order valence-corrected chi connectivity index (χ2v) is 5.82. The maximum Gasteiger partial charge on any atom is 0.171 e. The van der Waals surface area contributed by atoms with Gasteiger partial charge in [-0.3, -0.25) is 0 Å². The Bertz CT molecular complexity index is 488. The summed E-state index contributed by atoms with van der Waals surface area (Å²) in [6, 6.07) is 4.06. The van der Waals surface area contributed by atoms with Crippen LogP contribution in [0.15, 0.2) is 23.8 Å². The topological polar surface area (TPSA) is 37.0 Å². The first-order valence-electron chi connectivity index (χ1n) is 7.31. The first-order valence-corrected chi connectivity index (χ1v) is 7.72. The third kappa shape index (κ3) is 4.93. The van der Waals surface area contributed by atoms with Crippen LogP contribution in [0.4, 0.5) is 5.82 Å². The molecular formula is C16H23N3S. The van der Waals surface area contributed by atoms with E-state index in [9.17, 15) is 0 Å². The molecule has 0 aromatic carbocycles. The molecule has 3 nitrogen and oxygen atoms in total. The van der Waals surface area contributed by atoms with E-state index in [1.54, 1.807) is 5.57 Å². The molecule has 1 aromatic heterocycles. The number of hydrogen-bond donors (Lipinski definition) is 2. The second kappa shape index (κ2) is 7.39. The Balaban J connectivity index is 1.76. The van der Waals surface area contributed by atoms with Gasteiger partial charge in [0, 0.05) is 12.2 Å². The number of aryl methyl sites for hydroxylation is 2. The zero-order valence-electron chi connectivity index (χ0n) is 12.3. The van der Waals surface area contributed by atoms with Crippen LogP contribution in [0.5, 0.6) is 0 Å². The third-order valence-corrected chi connectivity index (χ3v) is 3.70. The minimum absolute atomic E-state index is 0.652. The molecule has 0 spiro atoms. The molecule has 0 atom stereocenters. The normalized spacial score (nSPS) is 14.6.